The summed E-state index contributed by atoms with van der Waals surface area (Å²) in [6.07, 6.45) is 3.37. The lowest BCUT2D eigenvalue weighted by atomic mass is 10.1. The van der Waals surface area contributed by atoms with Gasteiger partial charge in [-0.25, -0.2) is 4.98 Å². The molecular formula is C16H17N3O2. The summed E-state index contributed by atoms with van der Waals surface area (Å²) >= 11 is 0. The second-order valence-corrected chi connectivity index (χ2v) is 4.58. The molecule has 0 radical (unpaired) electrons. The Labute approximate surface area is 122 Å². The highest BCUT2D eigenvalue weighted by Crippen LogP contribution is 2.28. The minimum absolute atomic E-state index is 0.425. The van der Waals surface area contributed by atoms with Gasteiger partial charge < -0.3 is 20.2 Å². The van der Waals surface area contributed by atoms with E-state index in [-0.39, 0.29) is 0 Å². The first-order valence-electron chi connectivity index (χ1n) is 6.87. The molecule has 0 saturated heterocycles. The third kappa shape index (κ3) is 2.68. The molecule has 21 heavy (non-hydrogen) atoms. The molecule has 0 bridgehead atoms. The molecule has 0 saturated carbocycles. The zero-order valence-electron chi connectivity index (χ0n) is 11.8. The highest BCUT2D eigenvalue weighted by Gasteiger charge is 2.07. The van der Waals surface area contributed by atoms with Crippen molar-refractivity contribution in [1.29, 1.82) is 0 Å². The van der Waals surface area contributed by atoms with Gasteiger partial charge in [-0.3, -0.25) is 0 Å². The molecule has 0 spiro atoms. The quantitative estimate of drug-likeness (QED) is 0.750. The molecule has 108 valence electrons. The predicted molar refractivity (Wildman–Crippen MR) is 82.8 cm³/mol. The summed E-state index contributed by atoms with van der Waals surface area (Å²) in [5, 5.41) is 4.24. The second kappa shape index (κ2) is 5.85. The van der Waals surface area contributed by atoms with E-state index in [0.29, 0.717) is 13.2 Å². The minimum atomic E-state index is 0.425. The van der Waals surface area contributed by atoms with Crippen molar-refractivity contribution in [1.82, 2.24) is 4.98 Å². The maximum absolute atomic E-state index is 5.78. The van der Waals surface area contributed by atoms with Gasteiger partial charge in [0.2, 0.25) is 0 Å². The van der Waals surface area contributed by atoms with Crippen molar-refractivity contribution in [3.05, 3.63) is 48.4 Å². The Kier molecular flexibility index (Phi) is 3.75. The van der Waals surface area contributed by atoms with Crippen LogP contribution in [0.1, 0.15) is 12.5 Å². The maximum atomic E-state index is 5.78. The fourth-order valence-corrected chi connectivity index (χ4v) is 2.24. The zero-order valence-corrected chi connectivity index (χ0v) is 11.8. The number of benzene rings is 1. The van der Waals surface area contributed by atoms with Gasteiger partial charge in [0, 0.05) is 24.0 Å². The van der Waals surface area contributed by atoms with Crippen LogP contribution < -0.4 is 15.8 Å². The van der Waals surface area contributed by atoms with Gasteiger partial charge in [0.15, 0.2) is 0 Å². The van der Waals surface area contributed by atoms with Gasteiger partial charge in [-0.15, -0.1) is 0 Å². The third-order valence-corrected chi connectivity index (χ3v) is 3.22. The molecule has 2 aromatic heterocycles. The lowest BCUT2D eigenvalue weighted by Gasteiger charge is -2.12. The Balaban J connectivity index is 1.92. The van der Waals surface area contributed by atoms with Crippen LogP contribution in [0.15, 0.2) is 47.2 Å². The number of anilines is 2. The van der Waals surface area contributed by atoms with E-state index in [0.717, 1.165) is 33.8 Å². The van der Waals surface area contributed by atoms with Crippen molar-refractivity contribution < 1.29 is 9.15 Å². The fraction of sp³-hybridized carbons (Fsp3) is 0.188. The number of nitrogens with zero attached hydrogens (tertiary/aromatic N) is 1. The smallest absolute Gasteiger partial charge is 0.141 e. The number of nitrogens with two attached hydrogens (primary N) is 1. The summed E-state index contributed by atoms with van der Waals surface area (Å²) in [6, 6.07) is 9.58. The normalized spacial score (nSPS) is 10.8. The first-order valence-corrected chi connectivity index (χ1v) is 6.87. The minimum Gasteiger partial charge on any atom is -0.494 e. The molecule has 0 aliphatic heterocycles. The van der Waals surface area contributed by atoms with E-state index >= 15 is 0 Å². The number of pyridine rings is 1. The molecule has 0 fully saturated rings. The summed E-state index contributed by atoms with van der Waals surface area (Å²) in [5.74, 6) is 1.58. The largest absolute Gasteiger partial charge is 0.494 e. The first kappa shape index (κ1) is 13.5. The summed E-state index contributed by atoms with van der Waals surface area (Å²) in [6.45, 7) is 3.00. The molecular weight excluding hydrogens is 266 g/mol. The number of aromatic nitrogens is 1. The van der Waals surface area contributed by atoms with E-state index < -0.39 is 0 Å². The summed E-state index contributed by atoms with van der Waals surface area (Å²) in [5.41, 5.74) is 8.46. The first-order chi connectivity index (χ1) is 10.3. The van der Waals surface area contributed by atoms with Crippen LogP contribution in [0.4, 0.5) is 11.5 Å². The van der Waals surface area contributed by atoms with Gasteiger partial charge in [-0.05, 0) is 37.3 Å². The highest BCUT2D eigenvalue weighted by molar-refractivity contribution is 5.89. The predicted octanol–water partition coefficient (Wildman–Crippen LogP) is 3.43. The lowest BCUT2D eigenvalue weighted by Crippen LogP contribution is -2.03. The summed E-state index contributed by atoms with van der Waals surface area (Å²) in [4.78, 5) is 4.36. The average molecular weight is 283 g/mol. The third-order valence-electron chi connectivity index (χ3n) is 3.22. The van der Waals surface area contributed by atoms with Crippen LogP contribution >= 0.6 is 0 Å². The van der Waals surface area contributed by atoms with Gasteiger partial charge in [0.1, 0.15) is 17.2 Å². The molecule has 0 amide bonds. The molecule has 0 aliphatic rings. The number of hydrogen-bond acceptors (Lipinski definition) is 5. The molecule has 5 heteroatoms. The van der Waals surface area contributed by atoms with E-state index in [1.807, 2.05) is 37.3 Å². The van der Waals surface area contributed by atoms with Gasteiger partial charge in [-0.1, -0.05) is 0 Å². The highest BCUT2D eigenvalue weighted by atomic mass is 16.5. The summed E-state index contributed by atoms with van der Waals surface area (Å²) < 4.78 is 10.9. The van der Waals surface area contributed by atoms with Crippen molar-refractivity contribution >= 4 is 22.5 Å². The number of fused-ring (bicyclic) bond motifs is 1. The fourth-order valence-electron chi connectivity index (χ4n) is 2.24. The lowest BCUT2D eigenvalue weighted by molar-refractivity contribution is 0.336. The second-order valence-electron chi connectivity index (χ2n) is 4.58. The Morgan fingerprint density at radius 1 is 1.29 bits per heavy atom. The van der Waals surface area contributed by atoms with E-state index in [9.17, 15) is 0 Å². The van der Waals surface area contributed by atoms with Crippen molar-refractivity contribution in [2.24, 2.45) is 5.73 Å². The molecule has 3 N–H and O–H groups in total. The molecule has 3 rings (SSSR count). The van der Waals surface area contributed by atoms with E-state index in [1.54, 1.807) is 12.5 Å². The molecule has 3 aromatic rings. The van der Waals surface area contributed by atoms with E-state index in [4.69, 9.17) is 14.9 Å². The van der Waals surface area contributed by atoms with Gasteiger partial charge in [0.05, 0.1) is 18.3 Å². The van der Waals surface area contributed by atoms with Crippen molar-refractivity contribution in [2.75, 3.05) is 11.9 Å². The Morgan fingerprint density at radius 3 is 3.00 bits per heavy atom. The van der Waals surface area contributed by atoms with Crippen LogP contribution in [0, 0.1) is 0 Å². The summed E-state index contributed by atoms with van der Waals surface area (Å²) in [7, 11) is 0. The Morgan fingerprint density at radius 2 is 2.19 bits per heavy atom. The van der Waals surface area contributed by atoms with Crippen molar-refractivity contribution in [2.45, 2.75) is 13.5 Å². The molecule has 1 aromatic carbocycles. The van der Waals surface area contributed by atoms with Crippen molar-refractivity contribution in [3.8, 4) is 5.75 Å². The molecule has 0 aliphatic carbocycles. The van der Waals surface area contributed by atoms with Gasteiger partial charge in [0.25, 0.3) is 0 Å². The van der Waals surface area contributed by atoms with E-state index in [1.165, 1.54) is 0 Å². The van der Waals surface area contributed by atoms with Crippen LogP contribution in [0.5, 0.6) is 5.75 Å². The van der Waals surface area contributed by atoms with Crippen LogP contribution in [0.25, 0.3) is 11.0 Å². The standard InChI is InChI=1S/C16H17N3O2/c1-2-20-14-4-3-12(9-11(14)10-17)19-16-13-6-8-21-15(13)5-7-18-16/h3-9H,2,10,17H2,1H3,(H,18,19). The number of rotatable bonds is 5. The number of nitrogens with one attached hydrogen (secondary N) is 1. The molecule has 0 unspecified atom stereocenters. The molecule has 0 atom stereocenters. The van der Waals surface area contributed by atoms with Crippen LogP contribution in [0.2, 0.25) is 0 Å². The SMILES string of the molecule is CCOc1ccc(Nc2nccc3occc23)cc1CN. The Bertz CT molecular complexity index is 752. The number of hydrogen-bond donors (Lipinski definition) is 2. The van der Waals surface area contributed by atoms with E-state index in [2.05, 4.69) is 10.3 Å². The maximum Gasteiger partial charge on any atom is 0.141 e. The van der Waals surface area contributed by atoms with Crippen LogP contribution in [-0.2, 0) is 6.54 Å². The zero-order chi connectivity index (χ0) is 14.7. The molecule has 5 nitrogen and oxygen atoms in total. The average Bonchev–Trinajstić information content (AvgIpc) is 2.98. The number of ether oxygens (including phenoxy) is 1. The van der Waals surface area contributed by atoms with Crippen LogP contribution in [-0.4, -0.2) is 11.6 Å². The van der Waals surface area contributed by atoms with Crippen molar-refractivity contribution in [3.63, 3.8) is 0 Å². The van der Waals surface area contributed by atoms with Gasteiger partial charge >= 0.3 is 0 Å². The topological polar surface area (TPSA) is 73.3 Å². The van der Waals surface area contributed by atoms with Gasteiger partial charge in [-0.2, -0.15) is 0 Å². The monoisotopic (exact) mass is 283 g/mol. The number of furan rings is 1. The molecule has 2 heterocycles. The Hall–Kier alpha value is -2.53. The van der Waals surface area contributed by atoms with Crippen LogP contribution in [0.3, 0.4) is 0 Å².